The first-order valence-corrected chi connectivity index (χ1v) is 8.83. The third-order valence-corrected chi connectivity index (χ3v) is 6.16. The molecule has 1 amide bonds. The molecule has 0 saturated carbocycles. The number of carboxylic acids is 1. The molecule has 3 rings (SSSR count). The lowest BCUT2D eigenvalue weighted by Crippen LogP contribution is -2.51. The average Bonchev–Trinajstić information content (AvgIpc) is 3.08. The molecular weight excluding hydrogens is 320 g/mol. The fourth-order valence-electron chi connectivity index (χ4n) is 2.70. The molecule has 1 aromatic heterocycles. The molecule has 1 N–H and O–H groups in total. The predicted molar refractivity (Wildman–Crippen MR) is 87.3 cm³/mol. The highest BCUT2D eigenvalue weighted by Gasteiger charge is 2.45. The van der Waals surface area contributed by atoms with E-state index in [2.05, 4.69) is 4.98 Å². The highest BCUT2D eigenvalue weighted by Crippen LogP contribution is 2.32. The van der Waals surface area contributed by atoms with Gasteiger partial charge in [-0.1, -0.05) is 23.9 Å². The van der Waals surface area contributed by atoms with Crippen LogP contribution in [0.5, 0.6) is 0 Å². The van der Waals surface area contributed by atoms with Crippen LogP contribution < -0.4 is 0 Å². The minimum Gasteiger partial charge on any atom is -0.480 e. The van der Waals surface area contributed by atoms with Gasteiger partial charge in [-0.25, -0.2) is 9.78 Å². The summed E-state index contributed by atoms with van der Waals surface area (Å²) in [5.41, 5.74) is -0.135. The molecule has 7 heteroatoms. The SMILES string of the molecule is CC1(C(=O)O)CCCN1C(=O)CSc1nc2ccccc2s1. The van der Waals surface area contributed by atoms with E-state index in [1.807, 2.05) is 24.3 Å². The van der Waals surface area contributed by atoms with E-state index in [-0.39, 0.29) is 11.7 Å². The van der Waals surface area contributed by atoms with E-state index in [0.717, 1.165) is 21.0 Å². The second kappa shape index (κ2) is 5.89. The van der Waals surface area contributed by atoms with E-state index in [4.69, 9.17) is 0 Å². The number of aromatic nitrogens is 1. The second-order valence-electron chi connectivity index (χ2n) is 5.46. The molecular formula is C15H16N2O3S2. The fraction of sp³-hybridized carbons (Fsp3) is 0.400. The lowest BCUT2D eigenvalue weighted by molar-refractivity contribution is -0.154. The van der Waals surface area contributed by atoms with Crippen molar-refractivity contribution in [3.63, 3.8) is 0 Å². The monoisotopic (exact) mass is 336 g/mol. The van der Waals surface area contributed by atoms with Gasteiger partial charge in [-0.2, -0.15) is 0 Å². The number of fused-ring (bicyclic) bond motifs is 1. The van der Waals surface area contributed by atoms with Crippen LogP contribution in [0, 0.1) is 0 Å². The summed E-state index contributed by atoms with van der Waals surface area (Å²) in [4.78, 5) is 29.8. The predicted octanol–water partition coefficient (Wildman–Crippen LogP) is 2.85. The lowest BCUT2D eigenvalue weighted by Gasteiger charge is -2.31. The van der Waals surface area contributed by atoms with Gasteiger partial charge in [-0.05, 0) is 31.9 Å². The summed E-state index contributed by atoms with van der Waals surface area (Å²) in [5, 5.41) is 9.36. The van der Waals surface area contributed by atoms with Crippen molar-refractivity contribution in [3.05, 3.63) is 24.3 Å². The van der Waals surface area contributed by atoms with Crippen LogP contribution in [0.15, 0.2) is 28.6 Å². The number of carbonyl (C=O) groups excluding carboxylic acids is 1. The summed E-state index contributed by atoms with van der Waals surface area (Å²) in [6.07, 6.45) is 1.25. The first-order valence-electron chi connectivity index (χ1n) is 7.03. The van der Waals surface area contributed by atoms with Crippen LogP contribution in [-0.4, -0.2) is 44.7 Å². The van der Waals surface area contributed by atoms with E-state index in [0.29, 0.717) is 13.0 Å². The fourth-order valence-corrected chi connectivity index (χ4v) is 4.64. The number of benzene rings is 1. The second-order valence-corrected chi connectivity index (χ2v) is 7.72. The molecule has 1 aromatic carbocycles. The number of aliphatic carboxylic acids is 1. The number of nitrogens with zero attached hydrogens (tertiary/aromatic N) is 2. The standard InChI is InChI=1S/C15H16N2O3S2/c1-15(13(19)20)7-4-8-17(15)12(18)9-21-14-16-10-5-2-3-6-11(10)22-14/h2-3,5-6H,4,7-9H2,1H3,(H,19,20). The Balaban J connectivity index is 1.68. The molecule has 1 atom stereocenters. The molecule has 0 radical (unpaired) electrons. The molecule has 2 aromatic rings. The first-order chi connectivity index (χ1) is 10.5. The largest absolute Gasteiger partial charge is 0.480 e. The van der Waals surface area contributed by atoms with Gasteiger partial charge < -0.3 is 10.0 Å². The van der Waals surface area contributed by atoms with E-state index in [1.54, 1.807) is 18.3 Å². The Bertz CT molecular complexity index is 697. The smallest absolute Gasteiger partial charge is 0.329 e. The number of carbonyl (C=O) groups is 2. The van der Waals surface area contributed by atoms with E-state index in [9.17, 15) is 14.7 Å². The Kier molecular flexibility index (Phi) is 4.10. The summed E-state index contributed by atoms with van der Waals surface area (Å²) >= 11 is 2.93. The van der Waals surface area contributed by atoms with Gasteiger partial charge in [0.05, 0.1) is 16.0 Å². The Morgan fingerprint density at radius 3 is 2.95 bits per heavy atom. The maximum Gasteiger partial charge on any atom is 0.329 e. The zero-order chi connectivity index (χ0) is 15.7. The highest BCUT2D eigenvalue weighted by molar-refractivity contribution is 8.01. The van der Waals surface area contributed by atoms with Crippen LogP contribution in [0.1, 0.15) is 19.8 Å². The molecule has 22 heavy (non-hydrogen) atoms. The molecule has 1 fully saturated rings. The Morgan fingerprint density at radius 1 is 1.45 bits per heavy atom. The summed E-state index contributed by atoms with van der Waals surface area (Å²) in [6, 6.07) is 7.84. The van der Waals surface area contributed by atoms with Gasteiger partial charge in [0.1, 0.15) is 5.54 Å². The van der Waals surface area contributed by atoms with Gasteiger partial charge in [-0.15, -0.1) is 11.3 Å². The van der Waals surface area contributed by atoms with Crippen LogP contribution in [0.2, 0.25) is 0 Å². The van der Waals surface area contributed by atoms with Crippen LogP contribution in [-0.2, 0) is 9.59 Å². The van der Waals surface area contributed by atoms with Gasteiger partial charge in [0.25, 0.3) is 0 Å². The zero-order valence-electron chi connectivity index (χ0n) is 12.1. The molecule has 1 unspecified atom stereocenters. The quantitative estimate of drug-likeness (QED) is 0.869. The molecule has 0 spiro atoms. The summed E-state index contributed by atoms with van der Waals surface area (Å²) in [7, 11) is 0. The number of likely N-dealkylation sites (tertiary alicyclic amines) is 1. The van der Waals surface area contributed by atoms with Gasteiger partial charge in [0.15, 0.2) is 4.34 Å². The van der Waals surface area contributed by atoms with Crippen molar-refractivity contribution in [1.82, 2.24) is 9.88 Å². The number of thioether (sulfide) groups is 1. The molecule has 5 nitrogen and oxygen atoms in total. The summed E-state index contributed by atoms with van der Waals surface area (Å²) in [6.45, 7) is 2.14. The summed E-state index contributed by atoms with van der Waals surface area (Å²) in [5.74, 6) is -0.835. The third-order valence-electron chi connectivity index (χ3n) is 4.00. The number of para-hydroxylation sites is 1. The van der Waals surface area contributed by atoms with Crippen molar-refractivity contribution in [2.45, 2.75) is 29.6 Å². The van der Waals surface area contributed by atoms with Gasteiger partial charge in [-0.3, -0.25) is 4.79 Å². The van der Waals surface area contributed by atoms with Crippen molar-refractivity contribution in [3.8, 4) is 0 Å². The number of hydrogen-bond acceptors (Lipinski definition) is 5. The van der Waals surface area contributed by atoms with Gasteiger partial charge >= 0.3 is 5.97 Å². The number of rotatable bonds is 4. The van der Waals surface area contributed by atoms with Crippen molar-refractivity contribution >= 4 is 45.2 Å². The molecule has 116 valence electrons. The van der Waals surface area contributed by atoms with E-state index < -0.39 is 11.5 Å². The first kappa shape index (κ1) is 15.3. The molecule has 1 aliphatic rings. The Hall–Kier alpha value is -1.60. The van der Waals surface area contributed by atoms with Crippen LogP contribution >= 0.6 is 23.1 Å². The van der Waals surface area contributed by atoms with Crippen LogP contribution in [0.25, 0.3) is 10.2 Å². The molecule has 1 saturated heterocycles. The number of thiazole rings is 1. The minimum atomic E-state index is -1.06. The highest BCUT2D eigenvalue weighted by atomic mass is 32.2. The molecule has 0 aliphatic carbocycles. The van der Waals surface area contributed by atoms with Crippen molar-refractivity contribution < 1.29 is 14.7 Å². The van der Waals surface area contributed by atoms with Crippen molar-refractivity contribution in [2.75, 3.05) is 12.3 Å². The van der Waals surface area contributed by atoms with Gasteiger partial charge in [0, 0.05) is 6.54 Å². The van der Waals surface area contributed by atoms with Crippen molar-refractivity contribution in [1.29, 1.82) is 0 Å². The molecule has 0 bridgehead atoms. The molecule has 1 aliphatic heterocycles. The van der Waals surface area contributed by atoms with E-state index in [1.165, 1.54) is 16.7 Å². The van der Waals surface area contributed by atoms with E-state index >= 15 is 0 Å². The van der Waals surface area contributed by atoms with Crippen LogP contribution in [0.3, 0.4) is 0 Å². The van der Waals surface area contributed by atoms with Crippen molar-refractivity contribution in [2.24, 2.45) is 0 Å². The number of hydrogen-bond donors (Lipinski definition) is 1. The minimum absolute atomic E-state index is 0.133. The maximum absolute atomic E-state index is 12.4. The Labute approximate surface area is 136 Å². The third kappa shape index (κ3) is 2.70. The van der Waals surface area contributed by atoms with Gasteiger partial charge in [0.2, 0.25) is 5.91 Å². The number of carboxylic acid groups (broad SMARTS) is 1. The molecule has 2 heterocycles. The normalized spacial score (nSPS) is 21.4. The maximum atomic E-state index is 12.4. The number of amides is 1. The lowest BCUT2D eigenvalue weighted by atomic mass is 9.99. The topological polar surface area (TPSA) is 70.5 Å². The average molecular weight is 336 g/mol. The Morgan fingerprint density at radius 2 is 2.23 bits per heavy atom. The van der Waals surface area contributed by atoms with Crippen LogP contribution in [0.4, 0.5) is 0 Å². The zero-order valence-corrected chi connectivity index (χ0v) is 13.7. The summed E-state index contributed by atoms with van der Waals surface area (Å²) < 4.78 is 1.93.